The van der Waals surface area contributed by atoms with Gasteiger partial charge in [-0.2, -0.15) is 19.0 Å². The molecule has 1 aromatic carbocycles. The lowest BCUT2D eigenvalue weighted by molar-refractivity contribution is -0.0494. The number of fused-ring (bicyclic) bond motifs is 1. The molecule has 1 aliphatic heterocycles. The van der Waals surface area contributed by atoms with E-state index in [0.717, 1.165) is 17.9 Å². The number of amides is 1. The number of thioether (sulfide) groups is 1. The van der Waals surface area contributed by atoms with Crippen molar-refractivity contribution in [3.63, 3.8) is 0 Å². The van der Waals surface area contributed by atoms with Crippen LogP contribution in [0.2, 0.25) is 0 Å². The minimum Gasteiger partial charge on any atom is -0.434 e. The standard InChI is InChI=1S/C24H25F2N7O3S/c1-37-16-3-4-20(36-24(25)26)17(11-16)21-19(13-32(31-21)9-7-27-15-5-10-35-14-15)30-23(34)18-12-29-33-8-2-6-28-22(18)33/h2-4,6,8,11-13,15,24,27H,5,7,9-10,14H2,1H3,(H,30,34)/t15-/m1/s1. The molecule has 5 rings (SSSR count). The maximum Gasteiger partial charge on any atom is 0.387 e. The molecule has 194 valence electrons. The molecule has 0 aliphatic carbocycles. The minimum absolute atomic E-state index is 0.0348. The van der Waals surface area contributed by atoms with Crippen molar-refractivity contribution >= 4 is 29.0 Å². The topological polar surface area (TPSA) is 108 Å². The third kappa shape index (κ3) is 5.73. The van der Waals surface area contributed by atoms with E-state index in [0.29, 0.717) is 42.3 Å². The lowest BCUT2D eigenvalue weighted by Crippen LogP contribution is -2.32. The zero-order valence-electron chi connectivity index (χ0n) is 19.9. The smallest absolute Gasteiger partial charge is 0.387 e. The van der Waals surface area contributed by atoms with Gasteiger partial charge in [-0.15, -0.1) is 11.8 Å². The Morgan fingerprint density at radius 1 is 1.38 bits per heavy atom. The summed E-state index contributed by atoms with van der Waals surface area (Å²) in [6, 6.07) is 6.88. The highest BCUT2D eigenvalue weighted by Crippen LogP contribution is 2.37. The second-order valence-electron chi connectivity index (χ2n) is 8.31. The summed E-state index contributed by atoms with van der Waals surface area (Å²) < 4.78 is 39.8. The summed E-state index contributed by atoms with van der Waals surface area (Å²) >= 11 is 1.45. The average Bonchev–Trinajstić information content (AvgIpc) is 3.64. The van der Waals surface area contributed by atoms with Gasteiger partial charge in [0.1, 0.15) is 17.0 Å². The summed E-state index contributed by atoms with van der Waals surface area (Å²) in [4.78, 5) is 18.3. The van der Waals surface area contributed by atoms with Crippen molar-refractivity contribution in [3.8, 4) is 17.0 Å². The molecule has 10 nitrogen and oxygen atoms in total. The number of nitrogens with zero attached hydrogens (tertiary/aromatic N) is 5. The highest BCUT2D eigenvalue weighted by Gasteiger charge is 2.22. The fourth-order valence-electron chi connectivity index (χ4n) is 4.10. The van der Waals surface area contributed by atoms with Crippen LogP contribution in [0.1, 0.15) is 16.8 Å². The number of alkyl halides is 2. The lowest BCUT2D eigenvalue weighted by Gasteiger charge is -2.12. The van der Waals surface area contributed by atoms with Crippen LogP contribution in [0.5, 0.6) is 5.75 Å². The van der Waals surface area contributed by atoms with Gasteiger partial charge in [-0.25, -0.2) is 9.50 Å². The number of aromatic nitrogens is 5. The Morgan fingerprint density at radius 3 is 3.05 bits per heavy atom. The molecule has 1 saturated heterocycles. The first-order valence-electron chi connectivity index (χ1n) is 11.6. The highest BCUT2D eigenvalue weighted by molar-refractivity contribution is 7.98. The molecule has 0 unspecified atom stereocenters. The van der Waals surface area contributed by atoms with E-state index in [9.17, 15) is 13.6 Å². The summed E-state index contributed by atoms with van der Waals surface area (Å²) in [7, 11) is 0. The van der Waals surface area contributed by atoms with Crippen molar-refractivity contribution in [2.75, 3.05) is 31.3 Å². The Morgan fingerprint density at radius 2 is 2.27 bits per heavy atom. The molecule has 1 fully saturated rings. The normalized spacial score (nSPS) is 15.5. The van der Waals surface area contributed by atoms with Gasteiger partial charge >= 0.3 is 6.61 Å². The van der Waals surface area contributed by atoms with Gasteiger partial charge < -0.3 is 20.1 Å². The fourth-order valence-corrected chi connectivity index (χ4v) is 4.54. The molecule has 37 heavy (non-hydrogen) atoms. The van der Waals surface area contributed by atoms with Gasteiger partial charge in [0.15, 0.2) is 5.65 Å². The molecule has 0 bridgehead atoms. The second-order valence-corrected chi connectivity index (χ2v) is 9.19. The molecule has 4 aromatic rings. The number of nitrogens with one attached hydrogen (secondary N) is 2. The molecule has 1 atom stereocenters. The van der Waals surface area contributed by atoms with Crippen molar-refractivity contribution < 1.29 is 23.0 Å². The maximum absolute atomic E-state index is 13.2. The van der Waals surface area contributed by atoms with Crippen molar-refractivity contribution in [2.24, 2.45) is 0 Å². The molecular weight excluding hydrogens is 504 g/mol. The summed E-state index contributed by atoms with van der Waals surface area (Å²) in [5, 5.41) is 15.1. The van der Waals surface area contributed by atoms with Crippen molar-refractivity contribution in [2.45, 2.75) is 30.5 Å². The Kier molecular flexibility index (Phi) is 7.63. The quantitative estimate of drug-likeness (QED) is 0.301. The summed E-state index contributed by atoms with van der Waals surface area (Å²) in [5.74, 6) is -0.486. The maximum atomic E-state index is 13.2. The van der Waals surface area contributed by atoms with Gasteiger partial charge in [0.05, 0.1) is 25.0 Å². The summed E-state index contributed by atoms with van der Waals surface area (Å²) in [6.07, 6.45) is 9.18. The molecule has 13 heteroatoms. The zero-order chi connectivity index (χ0) is 25.8. The number of hydrogen-bond donors (Lipinski definition) is 2. The molecule has 1 aliphatic rings. The third-order valence-corrected chi connectivity index (χ3v) is 6.62. The molecule has 2 N–H and O–H groups in total. The summed E-state index contributed by atoms with van der Waals surface area (Å²) in [6.45, 7) is -0.510. The Hall–Kier alpha value is -3.55. The zero-order valence-corrected chi connectivity index (χ0v) is 20.8. The predicted octanol–water partition coefficient (Wildman–Crippen LogP) is 3.55. The SMILES string of the molecule is CSc1ccc(OC(F)F)c(-c2nn(CCN[C@@H]3CCOC3)cc2NC(=O)c2cnn3cccnc23)c1. The first kappa shape index (κ1) is 25.1. The van der Waals surface area contributed by atoms with E-state index in [-0.39, 0.29) is 17.4 Å². The van der Waals surface area contributed by atoms with E-state index in [1.54, 1.807) is 41.5 Å². The van der Waals surface area contributed by atoms with Crippen LogP contribution in [0.4, 0.5) is 14.5 Å². The Labute approximate surface area is 215 Å². The average molecular weight is 530 g/mol. The van der Waals surface area contributed by atoms with E-state index in [1.807, 2.05) is 6.26 Å². The van der Waals surface area contributed by atoms with Gasteiger partial charge in [-0.1, -0.05) is 0 Å². The van der Waals surface area contributed by atoms with Gasteiger partial charge in [0.25, 0.3) is 5.91 Å². The number of carbonyl (C=O) groups excluding carboxylic acids is 1. The third-order valence-electron chi connectivity index (χ3n) is 5.90. The molecule has 1 amide bonds. The van der Waals surface area contributed by atoms with Crippen molar-refractivity contribution in [3.05, 3.63) is 54.6 Å². The highest BCUT2D eigenvalue weighted by atomic mass is 32.2. The van der Waals surface area contributed by atoms with E-state index in [2.05, 4.69) is 25.8 Å². The lowest BCUT2D eigenvalue weighted by atomic mass is 10.1. The van der Waals surface area contributed by atoms with Gasteiger partial charge in [-0.3, -0.25) is 9.48 Å². The molecule has 0 saturated carbocycles. The second kappa shape index (κ2) is 11.2. The van der Waals surface area contributed by atoms with Gasteiger partial charge in [-0.05, 0) is 36.9 Å². The Balaban J connectivity index is 1.48. The van der Waals surface area contributed by atoms with Gasteiger partial charge in [0, 0.05) is 48.2 Å². The number of benzene rings is 1. The molecular formula is C24H25F2N7O3S. The van der Waals surface area contributed by atoms with Crippen molar-refractivity contribution in [1.29, 1.82) is 0 Å². The van der Waals surface area contributed by atoms with E-state index in [4.69, 9.17) is 9.47 Å². The Bertz CT molecular complexity index is 1390. The van der Waals surface area contributed by atoms with Crippen LogP contribution in [0.3, 0.4) is 0 Å². The largest absolute Gasteiger partial charge is 0.434 e. The predicted molar refractivity (Wildman–Crippen MR) is 134 cm³/mol. The van der Waals surface area contributed by atoms with Crippen LogP contribution < -0.4 is 15.4 Å². The van der Waals surface area contributed by atoms with E-state index < -0.39 is 12.5 Å². The van der Waals surface area contributed by atoms with Crippen LogP contribution in [-0.4, -0.2) is 69.0 Å². The first-order chi connectivity index (χ1) is 18.0. The molecule has 0 radical (unpaired) electrons. The first-order valence-corrected chi connectivity index (χ1v) is 12.9. The van der Waals surface area contributed by atoms with Crippen LogP contribution in [0, 0.1) is 0 Å². The van der Waals surface area contributed by atoms with Crippen LogP contribution in [0.15, 0.2) is 53.9 Å². The summed E-state index contributed by atoms with van der Waals surface area (Å²) in [5.41, 5.74) is 1.67. The number of halogens is 2. The number of carbonyl (C=O) groups is 1. The molecule has 3 aromatic heterocycles. The fraction of sp³-hybridized carbons (Fsp3) is 0.333. The minimum atomic E-state index is -3.01. The molecule has 0 spiro atoms. The monoisotopic (exact) mass is 529 g/mol. The van der Waals surface area contributed by atoms with Crippen LogP contribution in [-0.2, 0) is 11.3 Å². The molecule has 4 heterocycles. The number of rotatable bonds is 10. The van der Waals surface area contributed by atoms with Gasteiger partial charge in [0.2, 0.25) is 0 Å². The number of anilines is 1. The van der Waals surface area contributed by atoms with E-state index >= 15 is 0 Å². The number of hydrogen-bond acceptors (Lipinski definition) is 8. The number of ether oxygens (including phenoxy) is 2. The van der Waals surface area contributed by atoms with Crippen molar-refractivity contribution in [1.82, 2.24) is 29.7 Å². The van der Waals surface area contributed by atoms with E-state index in [1.165, 1.54) is 28.5 Å². The van der Waals surface area contributed by atoms with Crippen LogP contribution in [0.25, 0.3) is 16.9 Å². The van der Waals surface area contributed by atoms with Crippen LogP contribution >= 0.6 is 11.8 Å².